The van der Waals surface area contributed by atoms with Crippen molar-refractivity contribution in [2.45, 2.75) is 13.0 Å². The van der Waals surface area contributed by atoms with E-state index in [1.165, 1.54) is 0 Å². The number of carbonyl (C=O) groups excluding carboxylic acids is 1. The van der Waals surface area contributed by atoms with Gasteiger partial charge in [0.05, 0.1) is 13.2 Å². The first-order chi connectivity index (χ1) is 7.24. The highest BCUT2D eigenvalue weighted by molar-refractivity contribution is 5.77. The van der Waals surface area contributed by atoms with E-state index in [4.69, 9.17) is 9.47 Å². The SMILES string of the molecule is COCCOCC(=O)N1CCN[C@@H](C)C1. The number of nitrogens with one attached hydrogen (secondary N) is 1. The molecule has 0 aliphatic carbocycles. The van der Waals surface area contributed by atoms with Gasteiger partial charge in [-0.15, -0.1) is 0 Å². The van der Waals surface area contributed by atoms with Crippen molar-refractivity contribution in [2.75, 3.05) is 46.6 Å². The third kappa shape index (κ3) is 4.59. The van der Waals surface area contributed by atoms with E-state index in [1.54, 1.807) is 7.11 Å². The summed E-state index contributed by atoms with van der Waals surface area (Å²) in [6, 6.07) is 0.377. The summed E-state index contributed by atoms with van der Waals surface area (Å²) in [5.41, 5.74) is 0. The molecule has 1 fully saturated rings. The van der Waals surface area contributed by atoms with Crippen molar-refractivity contribution in [3.63, 3.8) is 0 Å². The molecule has 1 heterocycles. The first-order valence-corrected chi connectivity index (χ1v) is 5.32. The van der Waals surface area contributed by atoms with Gasteiger partial charge in [-0.25, -0.2) is 0 Å². The highest BCUT2D eigenvalue weighted by atomic mass is 16.5. The monoisotopic (exact) mass is 216 g/mol. The molecule has 1 amide bonds. The molecule has 1 atom stereocenters. The Morgan fingerprint density at radius 3 is 3.00 bits per heavy atom. The molecule has 0 bridgehead atoms. The molecule has 1 saturated heterocycles. The Balaban J connectivity index is 2.15. The van der Waals surface area contributed by atoms with E-state index in [1.807, 2.05) is 4.90 Å². The summed E-state index contributed by atoms with van der Waals surface area (Å²) in [6.07, 6.45) is 0. The van der Waals surface area contributed by atoms with Crippen molar-refractivity contribution >= 4 is 5.91 Å². The second kappa shape index (κ2) is 6.76. The van der Waals surface area contributed by atoms with E-state index in [2.05, 4.69) is 12.2 Å². The Bertz CT molecular complexity index is 199. The summed E-state index contributed by atoms with van der Waals surface area (Å²) in [5, 5.41) is 3.29. The normalized spacial score (nSPS) is 21.7. The van der Waals surface area contributed by atoms with Gasteiger partial charge in [-0.2, -0.15) is 0 Å². The number of nitrogens with zero attached hydrogens (tertiary/aromatic N) is 1. The first-order valence-electron chi connectivity index (χ1n) is 5.32. The van der Waals surface area contributed by atoms with Crippen molar-refractivity contribution in [1.29, 1.82) is 0 Å². The van der Waals surface area contributed by atoms with Gasteiger partial charge in [0.15, 0.2) is 0 Å². The fourth-order valence-electron chi connectivity index (χ4n) is 1.55. The van der Waals surface area contributed by atoms with Crippen molar-refractivity contribution in [2.24, 2.45) is 0 Å². The van der Waals surface area contributed by atoms with Crippen LogP contribution in [0.3, 0.4) is 0 Å². The molecule has 1 aliphatic rings. The van der Waals surface area contributed by atoms with Gasteiger partial charge in [-0.05, 0) is 6.92 Å². The molecule has 5 nitrogen and oxygen atoms in total. The predicted molar refractivity (Wildman–Crippen MR) is 56.7 cm³/mol. The lowest BCUT2D eigenvalue weighted by Crippen LogP contribution is -2.52. The van der Waals surface area contributed by atoms with Crippen LogP contribution in [-0.4, -0.2) is 63.4 Å². The summed E-state index contributed by atoms with van der Waals surface area (Å²) in [5.74, 6) is 0.0689. The Morgan fingerprint density at radius 2 is 2.33 bits per heavy atom. The van der Waals surface area contributed by atoms with Gasteiger partial charge in [0.1, 0.15) is 6.61 Å². The minimum absolute atomic E-state index is 0.0689. The van der Waals surface area contributed by atoms with Gasteiger partial charge in [-0.3, -0.25) is 4.79 Å². The number of rotatable bonds is 5. The molecule has 15 heavy (non-hydrogen) atoms. The number of carbonyl (C=O) groups is 1. The van der Waals surface area contributed by atoms with Gasteiger partial charge in [0.2, 0.25) is 5.91 Å². The maximum atomic E-state index is 11.6. The molecule has 0 aromatic heterocycles. The van der Waals surface area contributed by atoms with Gasteiger partial charge in [0.25, 0.3) is 0 Å². The number of ether oxygens (including phenoxy) is 2. The molecule has 1 aliphatic heterocycles. The molecule has 0 radical (unpaired) electrons. The highest BCUT2D eigenvalue weighted by Gasteiger charge is 2.19. The molecular formula is C10H20N2O3. The van der Waals surface area contributed by atoms with E-state index < -0.39 is 0 Å². The molecule has 0 aromatic carbocycles. The lowest BCUT2D eigenvalue weighted by atomic mass is 10.2. The maximum Gasteiger partial charge on any atom is 0.248 e. The molecule has 1 rings (SSSR count). The molecular weight excluding hydrogens is 196 g/mol. The van der Waals surface area contributed by atoms with Crippen LogP contribution in [0.1, 0.15) is 6.92 Å². The largest absolute Gasteiger partial charge is 0.382 e. The number of hydrogen-bond acceptors (Lipinski definition) is 4. The summed E-state index contributed by atoms with van der Waals surface area (Å²) in [4.78, 5) is 13.5. The molecule has 0 spiro atoms. The summed E-state index contributed by atoms with van der Waals surface area (Å²) >= 11 is 0. The van der Waals surface area contributed by atoms with E-state index in [0.717, 1.165) is 19.6 Å². The zero-order valence-corrected chi connectivity index (χ0v) is 9.49. The lowest BCUT2D eigenvalue weighted by molar-refractivity contribution is -0.137. The average molecular weight is 216 g/mol. The minimum Gasteiger partial charge on any atom is -0.382 e. The van der Waals surface area contributed by atoms with Gasteiger partial charge < -0.3 is 19.7 Å². The van der Waals surface area contributed by atoms with Crippen LogP contribution >= 0.6 is 0 Å². The van der Waals surface area contributed by atoms with E-state index >= 15 is 0 Å². The van der Waals surface area contributed by atoms with Crippen LogP contribution in [0.25, 0.3) is 0 Å². The van der Waals surface area contributed by atoms with Crippen LogP contribution in [0.2, 0.25) is 0 Å². The lowest BCUT2D eigenvalue weighted by Gasteiger charge is -2.31. The Labute approximate surface area is 90.7 Å². The zero-order chi connectivity index (χ0) is 11.1. The number of amides is 1. The van der Waals surface area contributed by atoms with Crippen molar-refractivity contribution in [3.8, 4) is 0 Å². The number of methoxy groups -OCH3 is 1. The minimum atomic E-state index is 0.0689. The third-order valence-corrected chi connectivity index (χ3v) is 2.38. The van der Waals surface area contributed by atoms with E-state index in [0.29, 0.717) is 19.3 Å². The van der Waals surface area contributed by atoms with Crippen LogP contribution in [0.5, 0.6) is 0 Å². The fourth-order valence-corrected chi connectivity index (χ4v) is 1.55. The quantitative estimate of drug-likeness (QED) is 0.628. The standard InChI is InChI=1S/C10H20N2O3/c1-9-7-12(4-3-11-9)10(13)8-15-6-5-14-2/h9,11H,3-8H2,1-2H3/t9-/m0/s1. The maximum absolute atomic E-state index is 11.6. The molecule has 0 unspecified atom stereocenters. The predicted octanol–water partition coefficient (Wildman–Crippen LogP) is -0.530. The number of hydrogen-bond donors (Lipinski definition) is 1. The van der Waals surface area contributed by atoms with Crippen LogP contribution in [0.15, 0.2) is 0 Å². The summed E-state index contributed by atoms with van der Waals surface area (Å²) < 4.78 is 10.0. The topological polar surface area (TPSA) is 50.8 Å². The van der Waals surface area contributed by atoms with Crippen LogP contribution in [0, 0.1) is 0 Å². The smallest absolute Gasteiger partial charge is 0.248 e. The van der Waals surface area contributed by atoms with Crippen LogP contribution in [-0.2, 0) is 14.3 Å². The van der Waals surface area contributed by atoms with Crippen molar-refractivity contribution in [1.82, 2.24) is 10.2 Å². The molecule has 5 heteroatoms. The molecule has 0 aromatic rings. The second-order valence-corrected chi connectivity index (χ2v) is 3.74. The Kier molecular flexibility index (Phi) is 5.60. The fraction of sp³-hybridized carbons (Fsp3) is 0.900. The summed E-state index contributed by atoms with van der Waals surface area (Å²) in [6.45, 7) is 5.66. The van der Waals surface area contributed by atoms with E-state index in [-0.39, 0.29) is 12.5 Å². The van der Waals surface area contributed by atoms with Gasteiger partial charge in [-0.1, -0.05) is 0 Å². The van der Waals surface area contributed by atoms with Gasteiger partial charge >= 0.3 is 0 Å². The van der Waals surface area contributed by atoms with Crippen molar-refractivity contribution in [3.05, 3.63) is 0 Å². The molecule has 1 N–H and O–H groups in total. The average Bonchev–Trinajstić information content (AvgIpc) is 2.24. The highest BCUT2D eigenvalue weighted by Crippen LogP contribution is 1.99. The Hall–Kier alpha value is -0.650. The number of piperazine rings is 1. The van der Waals surface area contributed by atoms with Gasteiger partial charge in [0, 0.05) is 32.8 Å². The second-order valence-electron chi connectivity index (χ2n) is 3.74. The van der Waals surface area contributed by atoms with Crippen LogP contribution < -0.4 is 5.32 Å². The third-order valence-electron chi connectivity index (χ3n) is 2.38. The van der Waals surface area contributed by atoms with Crippen LogP contribution in [0.4, 0.5) is 0 Å². The first kappa shape index (κ1) is 12.4. The molecule has 88 valence electrons. The summed E-state index contributed by atoms with van der Waals surface area (Å²) in [7, 11) is 1.61. The van der Waals surface area contributed by atoms with Crippen molar-refractivity contribution < 1.29 is 14.3 Å². The zero-order valence-electron chi connectivity index (χ0n) is 9.49. The van der Waals surface area contributed by atoms with E-state index in [9.17, 15) is 4.79 Å². The molecule has 0 saturated carbocycles. The Morgan fingerprint density at radius 1 is 1.53 bits per heavy atom.